The van der Waals surface area contributed by atoms with Gasteiger partial charge in [-0.1, -0.05) is 42.1 Å². The van der Waals surface area contributed by atoms with E-state index in [2.05, 4.69) is 31.2 Å². The van der Waals surface area contributed by atoms with Crippen molar-refractivity contribution in [3.05, 3.63) is 96.2 Å². The number of thioether (sulfide) groups is 1. The number of hydrogen-bond acceptors (Lipinski definition) is 8. The summed E-state index contributed by atoms with van der Waals surface area (Å²) in [6, 6.07) is 24.0. The molecule has 10 nitrogen and oxygen atoms in total. The minimum absolute atomic E-state index is 0.280. The van der Waals surface area contributed by atoms with Crippen molar-refractivity contribution >= 4 is 58.4 Å². The summed E-state index contributed by atoms with van der Waals surface area (Å²) in [5.41, 5.74) is 6.59. The Labute approximate surface area is 252 Å². The highest BCUT2D eigenvalue weighted by atomic mass is 32.2. The van der Waals surface area contributed by atoms with Crippen LogP contribution in [0.1, 0.15) is 27.6 Å². The monoisotopic (exact) mass is 591 g/mol. The first-order valence-corrected chi connectivity index (χ1v) is 14.6. The highest BCUT2D eigenvalue weighted by Crippen LogP contribution is 2.36. The minimum atomic E-state index is -0.345. The zero-order valence-corrected chi connectivity index (χ0v) is 24.5. The molecule has 0 atom stereocenters. The summed E-state index contributed by atoms with van der Waals surface area (Å²) in [6.45, 7) is 1.44. The fourth-order valence-electron chi connectivity index (χ4n) is 4.63. The zero-order valence-electron chi connectivity index (χ0n) is 23.7. The van der Waals surface area contributed by atoms with Gasteiger partial charge in [-0.25, -0.2) is 9.97 Å². The first-order chi connectivity index (χ1) is 20.9. The summed E-state index contributed by atoms with van der Waals surface area (Å²) >= 11 is 1.52. The highest BCUT2D eigenvalue weighted by molar-refractivity contribution is 7.98. The van der Waals surface area contributed by atoms with Gasteiger partial charge in [0, 0.05) is 30.1 Å². The molecular formula is C32H29N7O3S. The summed E-state index contributed by atoms with van der Waals surface area (Å²) < 4.78 is 0. The van der Waals surface area contributed by atoms with Crippen LogP contribution in [0.5, 0.6) is 0 Å². The Morgan fingerprint density at radius 2 is 1.70 bits per heavy atom. The number of carbonyl (C=O) groups excluding carboxylic acids is 3. The smallest absolute Gasteiger partial charge is 0.257 e. The van der Waals surface area contributed by atoms with Gasteiger partial charge < -0.3 is 31.0 Å². The maximum atomic E-state index is 13.5. The van der Waals surface area contributed by atoms with Crippen LogP contribution in [0.3, 0.4) is 0 Å². The van der Waals surface area contributed by atoms with E-state index in [0.717, 1.165) is 39.8 Å². The van der Waals surface area contributed by atoms with Crippen LogP contribution >= 0.6 is 11.8 Å². The molecule has 0 fully saturated rings. The van der Waals surface area contributed by atoms with Gasteiger partial charge in [0.2, 0.25) is 0 Å². The summed E-state index contributed by atoms with van der Waals surface area (Å²) in [7, 11) is 1.82. The predicted molar refractivity (Wildman–Crippen MR) is 172 cm³/mol. The van der Waals surface area contributed by atoms with Crippen LogP contribution in [-0.4, -0.2) is 46.4 Å². The number of rotatable bonds is 6. The molecule has 11 heteroatoms. The molecule has 216 valence electrons. The van der Waals surface area contributed by atoms with E-state index in [9.17, 15) is 9.59 Å². The second kappa shape index (κ2) is 13.0. The molecule has 0 saturated heterocycles. The number of hydrogen-bond donors (Lipinski definition) is 5. The molecule has 5 N–H and O–H groups in total. The van der Waals surface area contributed by atoms with Gasteiger partial charge >= 0.3 is 0 Å². The van der Waals surface area contributed by atoms with E-state index < -0.39 is 0 Å². The number of para-hydroxylation sites is 2. The van der Waals surface area contributed by atoms with Crippen LogP contribution in [0.2, 0.25) is 0 Å². The fourth-order valence-corrected chi connectivity index (χ4v) is 5.01. The number of benzene rings is 3. The first kappa shape index (κ1) is 29.1. The van der Waals surface area contributed by atoms with Gasteiger partial charge in [-0.3, -0.25) is 9.59 Å². The van der Waals surface area contributed by atoms with Crippen molar-refractivity contribution < 1.29 is 14.4 Å². The van der Waals surface area contributed by atoms with Crippen LogP contribution in [0.4, 0.5) is 28.6 Å². The van der Waals surface area contributed by atoms with Crippen molar-refractivity contribution in [2.75, 3.05) is 34.6 Å². The van der Waals surface area contributed by atoms with Crippen molar-refractivity contribution in [1.82, 2.24) is 15.0 Å². The molecule has 43 heavy (non-hydrogen) atoms. The van der Waals surface area contributed by atoms with Crippen molar-refractivity contribution in [3.63, 3.8) is 0 Å². The first-order valence-electron chi connectivity index (χ1n) is 13.4. The van der Waals surface area contributed by atoms with E-state index in [1.54, 1.807) is 30.5 Å². The topological polar surface area (TPSA) is 141 Å². The van der Waals surface area contributed by atoms with Crippen LogP contribution in [-0.2, 0) is 4.79 Å². The van der Waals surface area contributed by atoms with Gasteiger partial charge in [0.05, 0.1) is 39.6 Å². The van der Waals surface area contributed by atoms with Gasteiger partial charge in [0.15, 0.2) is 5.16 Å². The molecule has 3 aromatic carbocycles. The number of nitrogens with zero attached hydrogens (tertiary/aromatic N) is 2. The summed E-state index contributed by atoms with van der Waals surface area (Å²) in [5.74, 6) is 0.121. The van der Waals surface area contributed by atoms with Gasteiger partial charge in [-0.05, 0) is 61.7 Å². The van der Waals surface area contributed by atoms with Crippen molar-refractivity contribution in [3.8, 4) is 22.5 Å². The van der Waals surface area contributed by atoms with E-state index in [4.69, 9.17) is 9.78 Å². The molecular weight excluding hydrogens is 562 g/mol. The fraction of sp³-hybridized carbons (Fsp3) is 0.0938. The number of nitrogens with one attached hydrogen (secondary N) is 5. The van der Waals surface area contributed by atoms with E-state index in [1.165, 1.54) is 18.7 Å². The van der Waals surface area contributed by atoms with E-state index in [-0.39, 0.29) is 11.8 Å². The van der Waals surface area contributed by atoms with Crippen LogP contribution in [0.15, 0.2) is 90.2 Å². The molecule has 1 aliphatic heterocycles. The molecule has 6 rings (SSSR count). The molecule has 0 spiro atoms. The maximum absolute atomic E-state index is 13.5. The number of H-pyrrole nitrogens is 1. The average molecular weight is 592 g/mol. The van der Waals surface area contributed by atoms with Gasteiger partial charge in [-0.2, -0.15) is 0 Å². The molecule has 0 radical (unpaired) electrons. The number of carbonyl (C=O) groups is 3. The second-order valence-corrected chi connectivity index (χ2v) is 10.1. The van der Waals surface area contributed by atoms with Crippen molar-refractivity contribution in [1.29, 1.82) is 0 Å². The summed E-state index contributed by atoms with van der Waals surface area (Å²) in [6.07, 6.45) is 4.46. The Balaban J connectivity index is 0.00000118. The van der Waals surface area contributed by atoms with Gasteiger partial charge in [0.25, 0.3) is 11.8 Å². The molecule has 2 aromatic heterocycles. The van der Waals surface area contributed by atoms with E-state index in [0.29, 0.717) is 33.9 Å². The van der Waals surface area contributed by atoms with Gasteiger partial charge in [0.1, 0.15) is 12.1 Å². The number of anilines is 5. The van der Waals surface area contributed by atoms with E-state index >= 15 is 0 Å². The molecule has 0 bridgehead atoms. The molecule has 3 heterocycles. The molecule has 5 aromatic rings. The number of aldehydes is 1. The number of pyridine rings is 1. The molecule has 0 unspecified atom stereocenters. The minimum Gasteiger partial charge on any atom is -0.373 e. The Kier molecular flexibility index (Phi) is 8.82. The van der Waals surface area contributed by atoms with Crippen molar-refractivity contribution in [2.24, 2.45) is 0 Å². The molecule has 0 saturated carbocycles. The quantitative estimate of drug-likeness (QED) is 0.109. The average Bonchev–Trinajstić information content (AvgIpc) is 3.41. The summed E-state index contributed by atoms with van der Waals surface area (Å²) in [5, 5.41) is 13.0. The van der Waals surface area contributed by atoms with Crippen molar-refractivity contribution in [2.45, 2.75) is 12.1 Å². The number of aromatic amines is 1. The third kappa shape index (κ3) is 6.26. The SMILES string of the molecule is CC=O.CNc1cc(-c2[nH]c(SC)nc2-c2cccc(NC(=O)c3cccc4c3NC(=O)c3ccccc3N4)c2)ccn1. The predicted octanol–water partition coefficient (Wildman–Crippen LogP) is 6.67. The van der Waals surface area contributed by atoms with Crippen LogP contribution in [0, 0.1) is 0 Å². The normalized spacial score (nSPS) is 11.4. The number of aromatic nitrogens is 3. The third-order valence-corrected chi connectivity index (χ3v) is 7.14. The Morgan fingerprint density at radius 3 is 2.49 bits per heavy atom. The molecule has 0 aliphatic carbocycles. The van der Waals surface area contributed by atoms with Gasteiger partial charge in [-0.15, -0.1) is 0 Å². The highest BCUT2D eigenvalue weighted by Gasteiger charge is 2.23. The zero-order chi connectivity index (χ0) is 30.3. The largest absolute Gasteiger partial charge is 0.373 e. The number of fused-ring (bicyclic) bond motifs is 2. The Bertz CT molecular complexity index is 1820. The number of imidazole rings is 1. The van der Waals surface area contributed by atoms with Crippen LogP contribution < -0.4 is 21.3 Å². The summed E-state index contributed by atoms with van der Waals surface area (Å²) in [4.78, 5) is 47.7. The van der Waals surface area contributed by atoms with E-state index in [1.807, 2.05) is 67.9 Å². The Morgan fingerprint density at radius 1 is 0.930 bits per heavy atom. The maximum Gasteiger partial charge on any atom is 0.257 e. The number of amides is 2. The lowest BCUT2D eigenvalue weighted by atomic mass is 10.0. The standard InChI is InChI=1S/C30H25N7O2S.C2H4O/c1-31-24-16-18(13-14-32-24)26-25(36-30(37-26)40-2)17-7-5-8-19(15-17)33-29(39)21-10-6-12-23-27(21)35-28(38)20-9-3-4-11-22(20)34-23;1-2-3/h3-16,34H,1-2H3,(H,31,32)(H,33,39)(H,35,38)(H,36,37);2H,1H3. The lowest BCUT2D eigenvalue weighted by Gasteiger charge is -2.14. The second-order valence-electron chi connectivity index (χ2n) is 9.27. The molecule has 1 aliphatic rings. The third-order valence-electron chi connectivity index (χ3n) is 6.56. The Hall–Kier alpha value is -5.42. The lowest BCUT2D eigenvalue weighted by Crippen LogP contribution is -2.17. The molecule has 2 amide bonds. The van der Waals surface area contributed by atoms with Crippen LogP contribution in [0.25, 0.3) is 22.5 Å². The lowest BCUT2D eigenvalue weighted by molar-refractivity contribution is -0.106.